The largest absolute Gasteiger partial charge is 0.507 e. The number of carboxylic acids is 1. The zero-order chi connectivity index (χ0) is 25.5. The Morgan fingerprint density at radius 2 is 1.57 bits per heavy atom. The lowest BCUT2D eigenvalue weighted by atomic mass is 10.0. The number of benzene rings is 3. The molecule has 3 rings (SSSR count). The fourth-order valence-corrected chi connectivity index (χ4v) is 3.69. The van der Waals surface area contributed by atoms with Gasteiger partial charge in [0.25, 0.3) is 0 Å². The minimum atomic E-state index is -1.19. The number of nitrogens with one attached hydrogen (secondary N) is 1. The highest BCUT2D eigenvalue weighted by Crippen LogP contribution is 2.38. The van der Waals surface area contributed by atoms with Crippen molar-refractivity contribution in [1.29, 1.82) is 0 Å². The summed E-state index contributed by atoms with van der Waals surface area (Å²) < 4.78 is 10.7. The van der Waals surface area contributed by atoms with Crippen molar-refractivity contribution in [2.24, 2.45) is 0 Å². The number of amides is 1. The Morgan fingerprint density at radius 1 is 0.914 bits per heavy atom. The minimum Gasteiger partial charge on any atom is -0.507 e. The quantitative estimate of drug-likeness (QED) is 0.297. The first kappa shape index (κ1) is 26.2. The van der Waals surface area contributed by atoms with Crippen LogP contribution in [-0.2, 0) is 16.0 Å². The van der Waals surface area contributed by atoms with Crippen LogP contribution in [0.4, 0.5) is 4.79 Å². The topological polar surface area (TPSA) is 122 Å². The molecule has 11 heteroatoms. The van der Waals surface area contributed by atoms with Crippen molar-refractivity contribution in [2.45, 2.75) is 6.42 Å². The maximum Gasteiger partial charge on any atom is 0.407 e. The van der Waals surface area contributed by atoms with Gasteiger partial charge in [0.15, 0.2) is 11.5 Å². The standard InChI is InChI=1S/C24H18Cl3NO7/c25-15-3-1-14(2-4-15)22(32)17-11-16(5-6-20(17)29)35-23-18(26)9-13(10-19(23)27)7-8-34-24(33)28-12-21(30)31/h1-6,9-11,29H,7-8,12H2,(H,28,33)(H,30,31). The van der Waals surface area contributed by atoms with E-state index in [2.05, 4.69) is 5.32 Å². The van der Waals surface area contributed by atoms with Crippen molar-refractivity contribution < 1.29 is 34.1 Å². The maximum atomic E-state index is 12.8. The van der Waals surface area contributed by atoms with Gasteiger partial charge in [0, 0.05) is 17.0 Å². The lowest BCUT2D eigenvalue weighted by molar-refractivity contribution is -0.135. The van der Waals surface area contributed by atoms with Crippen molar-refractivity contribution in [3.8, 4) is 17.2 Å². The molecule has 0 aliphatic rings. The summed E-state index contributed by atoms with van der Waals surface area (Å²) in [6.07, 6.45) is -0.597. The Bertz CT molecular complexity index is 1240. The average molecular weight is 539 g/mol. The zero-order valence-corrected chi connectivity index (χ0v) is 20.2. The SMILES string of the molecule is O=C(O)CNC(=O)OCCc1cc(Cl)c(Oc2ccc(O)c(C(=O)c3ccc(Cl)cc3)c2)c(Cl)c1. The first-order chi connectivity index (χ1) is 16.6. The van der Waals surface area contributed by atoms with Gasteiger partial charge in [0.1, 0.15) is 18.0 Å². The van der Waals surface area contributed by atoms with Gasteiger partial charge in [-0.05, 0) is 60.2 Å². The Hall–Kier alpha value is -3.46. The van der Waals surface area contributed by atoms with Crippen LogP contribution in [0.3, 0.4) is 0 Å². The summed E-state index contributed by atoms with van der Waals surface area (Å²) >= 11 is 18.5. The molecule has 35 heavy (non-hydrogen) atoms. The molecule has 0 saturated carbocycles. The number of halogens is 3. The number of phenols is 1. The second kappa shape index (κ2) is 11.8. The Morgan fingerprint density at radius 3 is 2.20 bits per heavy atom. The molecule has 0 unspecified atom stereocenters. The van der Waals surface area contributed by atoms with Crippen LogP contribution in [0.2, 0.25) is 15.1 Å². The summed E-state index contributed by atoms with van der Waals surface area (Å²) in [5.41, 5.74) is 0.996. The number of ketones is 1. The Balaban J connectivity index is 1.70. The molecule has 182 valence electrons. The molecule has 0 atom stereocenters. The second-order valence-electron chi connectivity index (χ2n) is 7.14. The third kappa shape index (κ3) is 7.26. The number of alkyl carbamates (subject to hydrolysis) is 1. The highest BCUT2D eigenvalue weighted by Gasteiger charge is 2.17. The molecule has 3 N–H and O–H groups in total. The monoisotopic (exact) mass is 537 g/mol. The number of carbonyl (C=O) groups excluding carboxylic acids is 2. The average Bonchev–Trinajstić information content (AvgIpc) is 2.81. The molecule has 1 amide bonds. The van der Waals surface area contributed by atoms with Crippen LogP contribution >= 0.6 is 34.8 Å². The van der Waals surface area contributed by atoms with Crippen LogP contribution in [0.5, 0.6) is 17.2 Å². The number of hydrogen-bond acceptors (Lipinski definition) is 6. The first-order valence-electron chi connectivity index (χ1n) is 10.1. The predicted molar refractivity (Wildman–Crippen MR) is 130 cm³/mol. The number of aliphatic carboxylic acids is 1. The smallest absolute Gasteiger partial charge is 0.407 e. The van der Waals surface area contributed by atoms with Gasteiger partial charge in [-0.25, -0.2) is 4.79 Å². The predicted octanol–water partition coefficient (Wildman–Crippen LogP) is 5.73. The number of aromatic hydroxyl groups is 1. The van der Waals surface area contributed by atoms with Gasteiger partial charge in [0.05, 0.1) is 22.2 Å². The lowest BCUT2D eigenvalue weighted by Crippen LogP contribution is -2.30. The van der Waals surface area contributed by atoms with E-state index in [1.165, 1.54) is 18.2 Å². The summed E-state index contributed by atoms with van der Waals surface area (Å²) in [6.45, 7) is -0.584. The van der Waals surface area contributed by atoms with Crippen molar-refractivity contribution in [1.82, 2.24) is 5.32 Å². The number of hydrogen-bond donors (Lipinski definition) is 3. The molecule has 0 saturated heterocycles. The van der Waals surface area contributed by atoms with Gasteiger partial charge in [-0.3, -0.25) is 9.59 Å². The van der Waals surface area contributed by atoms with E-state index < -0.39 is 24.4 Å². The van der Waals surface area contributed by atoms with Crippen LogP contribution in [0.25, 0.3) is 0 Å². The van der Waals surface area contributed by atoms with Crippen molar-refractivity contribution in [3.63, 3.8) is 0 Å². The fourth-order valence-electron chi connectivity index (χ4n) is 2.95. The third-order valence-electron chi connectivity index (χ3n) is 4.60. The molecule has 0 aliphatic heterocycles. The molecular weight excluding hydrogens is 521 g/mol. The summed E-state index contributed by atoms with van der Waals surface area (Å²) in [7, 11) is 0. The molecule has 3 aromatic rings. The van der Waals surface area contributed by atoms with Gasteiger partial charge in [-0.2, -0.15) is 0 Å². The van der Waals surface area contributed by atoms with Crippen LogP contribution in [-0.4, -0.2) is 41.2 Å². The third-order valence-corrected chi connectivity index (χ3v) is 5.42. The highest BCUT2D eigenvalue weighted by atomic mass is 35.5. The van der Waals surface area contributed by atoms with Crippen molar-refractivity contribution in [3.05, 3.63) is 86.4 Å². The number of carbonyl (C=O) groups is 3. The van der Waals surface area contributed by atoms with E-state index in [0.29, 0.717) is 16.1 Å². The van der Waals surface area contributed by atoms with E-state index in [4.69, 9.17) is 49.4 Å². The van der Waals surface area contributed by atoms with Crippen LogP contribution in [0.15, 0.2) is 54.6 Å². The zero-order valence-electron chi connectivity index (χ0n) is 17.9. The van der Waals surface area contributed by atoms with E-state index in [0.717, 1.165) is 0 Å². The first-order valence-corrected chi connectivity index (χ1v) is 11.2. The molecule has 3 aromatic carbocycles. The van der Waals surface area contributed by atoms with Gasteiger partial charge < -0.3 is 25.0 Å². The van der Waals surface area contributed by atoms with E-state index in [9.17, 15) is 19.5 Å². The van der Waals surface area contributed by atoms with Crippen molar-refractivity contribution >= 4 is 52.6 Å². The highest BCUT2D eigenvalue weighted by molar-refractivity contribution is 6.37. The molecule has 0 aromatic heterocycles. The van der Waals surface area contributed by atoms with Crippen LogP contribution < -0.4 is 10.1 Å². The Kier molecular flexibility index (Phi) is 8.81. The van der Waals surface area contributed by atoms with Gasteiger partial charge in [-0.1, -0.05) is 34.8 Å². The molecule has 0 radical (unpaired) electrons. The van der Waals surface area contributed by atoms with E-state index >= 15 is 0 Å². The molecule has 0 aliphatic carbocycles. The number of carboxylic acid groups (broad SMARTS) is 1. The minimum absolute atomic E-state index is 0.0204. The van der Waals surface area contributed by atoms with Gasteiger partial charge in [-0.15, -0.1) is 0 Å². The van der Waals surface area contributed by atoms with Crippen LogP contribution in [0.1, 0.15) is 21.5 Å². The summed E-state index contributed by atoms with van der Waals surface area (Å²) in [5.74, 6) is -1.49. The number of phenolic OH excluding ortho intramolecular Hbond substituents is 1. The number of rotatable bonds is 9. The van der Waals surface area contributed by atoms with Crippen molar-refractivity contribution in [2.75, 3.05) is 13.2 Å². The second-order valence-corrected chi connectivity index (χ2v) is 8.39. The molecular formula is C24H18Cl3NO7. The summed E-state index contributed by atoms with van der Waals surface area (Å²) in [6, 6.07) is 13.5. The fraction of sp³-hybridized carbons (Fsp3) is 0.125. The van der Waals surface area contributed by atoms with E-state index in [-0.39, 0.29) is 45.9 Å². The van der Waals surface area contributed by atoms with Gasteiger partial charge >= 0.3 is 12.1 Å². The summed E-state index contributed by atoms with van der Waals surface area (Å²) in [4.78, 5) is 34.7. The Labute approximate surface area is 214 Å². The van der Waals surface area contributed by atoms with E-state index in [1.807, 2.05) is 0 Å². The molecule has 0 heterocycles. The summed E-state index contributed by atoms with van der Waals surface area (Å²) in [5, 5.41) is 21.6. The lowest BCUT2D eigenvalue weighted by Gasteiger charge is -2.13. The molecule has 0 bridgehead atoms. The molecule has 8 nitrogen and oxygen atoms in total. The number of ether oxygens (including phenoxy) is 2. The van der Waals surface area contributed by atoms with Gasteiger partial charge in [0.2, 0.25) is 0 Å². The maximum absolute atomic E-state index is 12.8. The normalized spacial score (nSPS) is 10.5. The van der Waals surface area contributed by atoms with E-state index in [1.54, 1.807) is 36.4 Å². The molecule has 0 fully saturated rings. The van der Waals surface area contributed by atoms with Crippen LogP contribution in [0, 0.1) is 0 Å². The molecule has 0 spiro atoms.